The molecule has 21 heteroatoms. The Morgan fingerprint density at radius 1 is 0.284 bits per heavy atom. The van der Waals surface area contributed by atoms with Crippen molar-refractivity contribution in [3.05, 3.63) is 0 Å². The quantitative estimate of drug-likeness (QED) is 0.0539. The van der Waals surface area contributed by atoms with Crippen LogP contribution in [0.1, 0.15) is 418 Å². The molecule has 0 spiro atoms. The summed E-state index contributed by atoms with van der Waals surface area (Å²) in [4.78, 5) is 121. The minimum Gasteiger partial charge on any atom is -0.481 e. The molecule has 20 aliphatic rings. The first kappa shape index (κ1) is 109. The van der Waals surface area contributed by atoms with Gasteiger partial charge in [-0.2, -0.15) is 0 Å². The van der Waals surface area contributed by atoms with Crippen LogP contribution >= 0.6 is 0 Å². The van der Waals surface area contributed by atoms with Crippen LogP contribution in [0.5, 0.6) is 0 Å². The molecule has 0 radical (unpaired) electrons. The summed E-state index contributed by atoms with van der Waals surface area (Å²) in [5.41, 5.74) is 0.503. The molecule has 0 heterocycles. The zero-order valence-corrected chi connectivity index (χ0v) is 89.4. The van der Waals surface area contributed by atoms with E-state index < -0.39 is 47.5 Å². The Hall–Kier alpha value is -4.54. The number of ketones is 5. The zero-order chi connectivity index (χ0) is 102. The summed E-state index contributed by atoms with van der Waals surface area (Å²) in [5.74, 6) is 10.6. The molecule has 141 heavy (non-hydrogen) atoms. The maximum Gasteiger partial charge on any atom is 0.303 e. The van der Waals surface area contributed by atoms with Crippen molar-refractivity contribution >= 4 is 58.8 Å². The van der Waals surface area contributed by atoms with Crippen LogP contribution in [-0.4, -0.2) is 152 Å². The van der Waals surface area contributed by atoms with E-state index in [2.05, 4.69) is 104 Å². The Bertz CT molecular complexity index is 4520. The first-order valence-corrected chi connectivity index (χ1v) is 58.1. The number of Topliss-reactive ketones (excluding diaryl/α,β-unsaturated/α-hetero) is 5. The highest BCUT2D eigenvalue weighted by Crippen LogP contribution is 2.75. The first-order chi connectivity index (χ1) is 66.3. The average molecular weight is 1970 g/mol. The van der Waals surface area contributed by atoms with Crippen molar-refractivity contribution in [2.24, 2.45) is 232 Å². The third kappa shape index (κ3) is 19.5. The van der Waals surface area contributed by atoms with Gasteiger partial charge in [-0.3, -0.25) is 47.9 Å². The second kappa shape index (κ2) is 41.7. The molecule has 20 aliphatic carbocycles. The predicted octanol–water partition coefficient (Wildman–Crippen LogP) is 22.4. The minimum absolute atomic E-state index is 0.0246. The lowest BCUT2D eigenvalue weighted by Crippen LogP contribution is -2.61. The number of aliphatic hydroxyl groups is 6. The fourth-order valence-corrected chi connectivity index (χ4v) is 42.3. The Kier molecular flexibility index (Phi) is 32.2. The monoisotopic (exact) mass is 1970 g/mol. The number of rotatable bonds is 20. The van der Waals surface area contributed by atoms with E-state index in [1.165, 1.54) is 57.8 Å². The largest absolute Gasteiger partial charge is 0.481 e. The van der Waals surface area contributed by atoms with E-state index in [1.54, 1.807) is 0 Å². The van der Waals surface area contributed by atoms with Crippen LogP contribution in [0.15, 0.2) is 0 Å². The second-order valence-electron chi connectivity index (χ2n) is 55.8. The van der Waals surface area contributed by atoms with Gasteiger partial charge in [0.05, 0.1) is 36.6 Å². The van der Waals surface area contributed by atoms with Crippen LogP contribution in [0, 0.1) is 232 Å². The summed E-state index contributed by atoms with van der Waals surface area (Å²) in [5, 5.41) is 109. The van der Waals surface area contributed by atoms with Gasteiger partial charge in [-0.05, 0) is 448 Å². The van der Waals surface area contributed by atoms with Gasteiger partial charge in [0, 0.05) is 98.7 Å². The molecule has 20 unspecified atom stereocenters. The van der Waals surface area contributed by atoms with Crippen molar-refractivity contribution in [1.29, 1.82) is 0 Å². The van der Waals surface area contributed by atoms with Gasteiger partial charge >= 0.3 is 29.8 Å². The highest BCUT2D eigenvalue weighted by Gasteiger charge is 2.72. The van der Waals surface area contributed by atoms with Gasteiger partial charge in [0.25, 0.3) is 0 Å². The molecule has 0 amide bonds. The molecule has 0 saturated heterocycles. The predicted molar refractivity (Wildman–Crippen MR) is 540 cm³/mol. The normalized spacial score (nSPS) is 49.3. The number of hydrogen-bond donors (Lipinski definition) is 11. The number of carboxylic acids is 5. The van der Waals surface area contributed by atoms with Crippen molar-refractivity contribution in [3.8, 4) is 0 Å². The summed E-state index contributed by atoms with van der Waals surface area (Å²) in [7, 11) is 0. The lowest BCUT2D eigenvalue weighted by molar-refractivity contribution is -0.182. The van der Waals surface area contributed by atoms with E-state index in [4.69, 9.17) is 25.5 Å². The van der Waals surface area contributed by atoms with Crippen LogP contribution in [0.25, 0.3) is 0 Å². The molecule has 0 aromatic heterocycles. The van der Waals surface area contributed by atoms with E-state index in [9.17, 15) is 78.6 Å². The summed E-state index contributed by atoms with van der Waals surface area (Å²) < 4.78 is 0. The maximum absolute atomic E-state index is 13.6. The third-order valence-corrected chi connectivity index (χ3v) is 50.4. The first-order valence-electron chi connectivity index (χ1n) is 58.1. The lowest BCUT2D eigenvalue weighted by Gasteiger charge is -2.61. The minimum atomic E-state index is -0.771. The van der Waals surface area contributed by atoms with Crippen molar-refractivity contribution < 1.29 is 104 Å². The van der Waals surface area contributed by atoms with Crippen molar-refractivity contribution in [2.75, 3.05) is 0 Å². The highest BCUT2D eigenvalue weighted by molar-refractivity contribution is 5.88. The van der Waals surface area contributed by atoms with Crippen LogP contribution in [0.3, 0.4) is 0 Å². The van der Waals surface area contributed by atoms with Crippen LogP contribution < -0.4 is 0 Å². The van der Waals surface area contributed by atoms with Gasteiger partial charge < -0.3 is 56.2 Å². The van der Waals surface area contributed by atoms with Crippen molar-refractivity contribution in [2.45, 2.75) is 455 Å². The molecule has 20 rings (SSSR count). The molecular formula is C120H190O21. The van der Waals surface area contributed by atoms with E-state index in [0.717, 1.165) is 191 Å². The molecule has 0 aromatic carbocycles. The molecule has 796 valence electrons. The summed E-state index contributed by atoms with van der Waals surface area (Å²) in [6, 6.07) is 0. The molecule has 11 N–H and O–H groups in total. The van der Waals surface area contributed by atoms with Gasteiger partial charge in [-0.15, -0.1) is 0 Å². The third-order valence-electron chi connectivity index (χ3n) is 50.4. The Morgan fingerprint density at radius 3 is 1.11 bits per heavy atom. The molecule has 0 bridgehead atoms. The van der Waals surface area contributed by atoms with E-state index >= 15 is 0 Å². The highest BCUT2D eigenvalue weighted by atomic mass is 16.4. The smallest absolute Gasteiger partial charge is 0.303 e. The molecule has 20 fully saturated rings. The molecule has 46 atom stereocenters. The fraction of sp³-hybridized carbons (Fsp3) is 0.917. The number of aliphatic hydroxyl groups excluding tert-OH is 6. The zero-order valence-electron chi connectivity index (χ0n) is 89.4. The average Bonchev–Trinajstić information content (AvgIpc) is 1.63. The Balaban J connectivity index is 0.000000127. The van der Waals surface area contributed by atoms with E-state index in [1.807, 2.05) is 0 Å². The van der Waals surface area contributed by atoms with Gasteiger partial charge in [0.1, 0.15) is 28.9 Å². The summed E-state index contributed by atoms with van der Waals surface area (Å²) >= 11 is 0. The Labute approximate surface area is 844 Å². The van der Waals surface area contributed by atoms with Gasteiger partial charge in [0.2, 0.25) is 0 Å². The number of carboxylic acid groups (broad SMARTS) is 5. The maximum atomic E-state index is 13.6. The van der Waals surface area contributed by atoms with E-state index in [0.29, 0.717) is 186 Å². The number of carbonyl (C=O) groups excluding carboxylic acids is 5. The number of aliphatic carboxylic acids is 5. The number of hydrogen-bond acceptors (Lipinski definition) is 16. The fourth-order valence-electron chi connectivity index (χ4n) is 42.3. The summed E-state index contributed by atoms with van der Waals surface area (Å²) in [6.07, 6.45) is 41.1. The molecule has 0 aromatic rings. The van der Waals surface area contributed by atoms with Crippen molar-refractivity contribution in [1.82, 2.24) is 0 Å². The van der Waals surface area contributed by atoms with E-state index in [-0.39, 0.29) is 159 Å². The summed E-state index contributed by atoms with van der Waals surface area (Å²) in [6.45, 7) is 34.4. The lowest BCUT2D eigenvalue weighted by atomic mass is 9.43. The number of carbonyl (C=O) groups is 10. The topological polar surface area (TPSA) is 393 Å². The Morgan fingerprint density at radius 2 is 0.617 bits per heavy atom. The number of fused-ring (bicyclic) bond motifs is 25. The van der Waals surface area contributed by atoms with Gasteiger partial charge in [-0.25, -0.2) is 0 Å². The molecule has 0 aliphatic heterocycles. The van der Waals surface area contributed by atoms with Crippen LogP contribution in [0.4, 0.5) is 0 Å². The van der Waals surface area contributed by atoms with Crippen LogP contribution in [-0.2, 0) is 47.9 Å². The van der Waals surface area contributed by atoms with Crippen molar-refractivity contribution in [3.63, 3.8) is 0 Å². The SMILES string of the molecule is CC(CCC(=O)O)[C@H]1CCC2C3C(=O)C[C@@H]4C[C@H](O)CC[C@]4(C)C3CC[C@@]21C.CC(CCC(=O)O)[C@H]1CCC2C3C(=O)C[C@@H]4C[C@H](O)CC[C@]4(C)C3C[C@H](O)[C@@]21C.CC(CCC(=O)O)[C@H]1CCC2C3C(CC(=O)[C@@]21C)[C@@]1(C)CC[C@@H](O)C[C@H]1C[C@H]3O.CC(CCC(=O)O)[C@H]1CCC2C3CC[C@@H]4CC(=O)CC[C@]4(C)C3CC[C@@]21C.CC(CCC(=O)O)[C@H]1CCC2C3CC[C@@H]4C[C@H](O)CC[C@]4(C)C3CC(=O)[C@@]21C. The molecular weight excluding hydrogens is 1780 g/mol. The molecule has 21 nitrogen and oxygen atoms in total. The standard InChI is InChI=1S/2C24H38O5.2C24H38O4.C24H38O3/c2*1-13(4-7-21(28)29)16-5-6-17-22-18(12-20(27)24(16,17)3)23(2)9-8-15(25)10-14(23)11-19(22)26;1-14(4-9-22(27)28)18-7-8-19-17-6-5-15-12-16(25)10-11-23(15,2)20(17)13-21(26)24(18,19)3;1-14(4-7-21(27)28)17-5-6-18-22-19(9-11-24(17,18)3)23(2)10-8-16(25)12-15(23)13-20(22)26;1-15(4-9-22(26)27)19-7-8-20-18-6-5-16-14-17(25)10-12-23(16,2)21(18)11-13-24(19,20)3/h13-18,20,22,25,27H,4-12H2,1-3H3,(H,28,29);13-19,22,25-26H,4-12H2,1-3H3,(H,28,29);14-20,25H,4-13H2,1-3H3,(H,27,28);14-19,22,25H,4-13H2,1-3H3,(H,27,28);15-16,18-21H,4-14H2,1-3H3,(H,26,27)/t13?,14-,15+,16+,17?,18?,20-,22?,23-,24+;13?,14-,15+,16+,17?,18?,19+,22?,23-,24+;14?,15-,16-,17?,18-,19?,20?,23+,24-;14?,15-,16+,17+,18?,19?,22?,23-,24+;15?,16-,18?,19-,20?,21?,23+,24-/m00101/s1. The van der Waals surface area contributed by atoms with Crippen LogP contribution in [0.2, 0.25) is 0 Å². The van der Waals surface area contributed by atoms with Gasteiger partial charge in [0.15, 0.2) is 0 Å². The van der Waals surface area contributed by atoms with Gasteiger partial charge in [-0.1, -0.05) is 104 Å². The molecule has 20 saturated carbocycles. The second-order valence-corrected chi connectivity index (χ2v) is 55.8.